The maximum atomic E-state index is 13.0. The third-order valence-corrected chi connectivity index (χ3v) is 5.18. The van der Waals surface area contributed by atoms with Gasteiger partial charge in [0.25, 0.3) is 11.8 Å². The van der Waals surface area contributed by atoms with Gasteiger partial charge in [0, 0.05) is 23.9 Å². The van der Waals surface area contributed by atoms with Gasteiger partial charge in [-0.25, -0.2) is 9.59 Å². The van der Waals surface area contributed by atoms with Crippen molar-refractivity contribution in [3.8, 4) is 11.4 Å². The molecule has 0 aliphatic rings. The third-order valence-electron chi connectivity index (χ3n) is 4.45. The van der Waals surface area contributed by atoms with E-state index in [1.807, 2.05) is 0 Å². The number of ether oxygens (including phenoxy) is 2. The maximum Gasteiger partial charge on any atom is 0.329 e. The first-order valence-electron chi connectivity index (χ1n) is 10.4. The highest BCUT2D eigenvalue weighted by molar-refractivity contribution is 7.80. The molecule has 0 bridgehead atoms. The topological polar surface area (TPSA) is 137 Å². The Kier molecular flexibility index (Phi) is 10.8. The lowest BCUT2D eigenvalue weighted by Crippen LogP contribution is -2.44. The monoisotopic (exact) mass is 506 g/mol. The van der Waals surface area contributed by atoms with Crippen LogP contribution in [-0.4, -0.2) is 70.5 Å². The summed E-state index contributed by atoms with van der Waals surface area (Å²) >= 11 is 8.21. The highest BCUT2D eigenvalue weighted by Gasteiger charge is 2.27. The minimum atomic E-state index is -0.976. The van der Waals surface area contributed by atoms with Crippen molar-refractivity contribution in [2.24, 2.45) is 0 Å². The standard InChI is InChI=1S/C22H26N4O6S2/c1-3-31-21(29)15(11-33)25-19(27)13-7-5-9-23-17(13)18-14(8-6-10-24-18)20(28)26-16(12-34)22(30)32-4-2/h5-10,15-16,33-34H,3-4,11-12H2,1-2H3,(H,25,27)(H,26,28). The number of nitrogens with zero attached hydrogens (tertiary/aromatic N) is 2. The van der Waals surface area contributed by atoms with Gasteiger partial charge < -0.3 is 20.1 Å². The Balaban J connectivity index is 2.38. The number of rotatable bonds is 11. The van der Waals surface area contributed by atoms with Gasteiger partial charge >= 0.3 is 11.9 Å². The van der Waals surface area contributed by atoms with Crippen LogP contribution in [0.2, 0.25) is 0 Å². The largest absolute Gasteiger partial charge is 0.464 e. The van der Waals surface area contributed by atoms with E-state index in [-0.39, 0.29) is 47.2 Å². The van der Waals surface area contributed by atoms with Gasteiger partial charge in [0.1, 0.15) is 23.5 Å². The highest BCUT2D eigenvalue weighted by Crippen LogP contribution is 2.23. The minimum absolute atomic E-state index is 0.0242. The Bertz CT molecular complexity index is 954. The first-order chi connectivity index (χ1) is 16.4. The molecule has 12 heteroatoms. The Morgan fingerprint density at radius 2 is 1.18 bits per heavy atom. The first-order valence-corrected chi connectivity index (χ1v) is 11.7. The van der Waals surface area contributed by atoms with Crippen LogP contribution in [0.25, 0.3) is 11.4 Å². The fourth-order valence-corrected chi connectivity index (χ4v) is 3.35. The molecule has 10 nitrogen and oxygen atoms in total. The molecule has 2 atom stereocenters. The molecule has 2 N–H and O–H groups in total. The summed E-state index contributed by atoms with van der Waals surface area (Å²) in [6.45, 7) is 3.62. The quantitative estimate of drug-likeness (QED) is 0.265. The van der Waals surface area contributed by atoms with Crippen molar-refractivity contribution in [1.82, 2.24) is 20.6 Å². The molecule has 0 aromatic carbocycles. The molecule has 2 amide bonds. The molecule has 182 valence electrons. The molecule has 0 fully saturated rings. The number of thiol groups is 2. The molecule has 0 radical (unpaired) electrons. The molecule has 2 heterocycles. The molecule has 0 saturated carbocycles. The highest BCUT2D eigenvalue weighted by atomic mass is 32.1. The fraction of sp³-hybridized carbons (Fsp3) is 0.364. The van der Waals surface area contributed by atoms with Gasteiger partial charge in [-0.3, -0.25) is 19.6 Å². The van der Waals surface area contributed by atoms with Crippen LogP contribution in [0.3, 0.4) is 0 Å². The first kappa shape index (κ1) is 27.1. The van der Waals surface area contributed by atoms with E-state index in [0.717, 1.165) is 0 Å². The van der Waals surface area contributed by atoms with Crippen molar-refractivity contribution in [2.75, 3.05) is 24.7 Å². The average molecular weight is 507 g/mol. The zero-order valence-corrected chi connectivity index (χ0v) is 20.5. The predicted octanol–water partition coefficient (Wildman–Crippen LogP) is 1.33. The summed E-state index contributed by atoms with van der Waals surface area (Å²) in [6, 6.07) is 4.11. The van der Waals surface area contributed by atoms with Crippen LogP contribution in [0.5, 0.6) is 0 Å². The summed E-state index contributed by atoms with van der Waals surface area (Å²) in [6.07, 6.45) is 2.89. The minimum Gasteiger partial charge on any atom is -0.464 e. The molecular formula is C22H26N4O6S2. The summed E-state index contributed by atoms with van der Waals surface area (Å²) in [4.78, 5) is 58.6. The SMILES string of the molecule is CCOC(=O)C(CS)NC(=O)c1cccnc1-c1ncccc1C(=O)NC(CS)C(=O)OCC. The predicted molar refractivity (Wildman–Crippen MR) is 131 cm³/mol. The Labute approximate surface area is 208 Å². The van der Waals surface area contributed by atoms with Crippen LogP contribution in [0.4, 0.5) is 0 Å². The van der Waals surface area contributed by atoms with Crippen LogP contribution in [0.15, 0.2) is 36.7 Å². The zero-order valence-electron chi connectivity index (χ0n) is 18.7. The second-order valence-electron chi connectivity index (χ2n) is 6.72. The number of pyridine rings is 2. The molecule has 2 rings (SSSR count). The molecule has 0 aliphatic carbocycles. The molecule has 34 heavy (non-hydrogen) atoms. The Morgan fingerprint density at radius 1 is 0.794 bits per heavy atom. The number of hydrogen-bond donors (Lipinski definition) is 4. The lowest BCUT2D eigenvalue weighted by Gasteiger charge is -2.18. The lowest BCUT2D eigenvalue weighted by molar-refractivity contribution is -0.145. The summed E-state index contributed by atoms with van der Waals surface area (Å²) in [5, 5.41) is 5.13. The van der Waals surface area contributed by atoms with E-state index < -0.39 is 35.8 Å². The van der Waals surface area contributed by atoms with Crippen LogP contribution >= 0.6 is 25.3 Å². The van der Waals surface area contributed by atoms with Crippen molar-refractivity contribution in [1.29, 1.82) is 0 Å². The van der Waals surface area contributed by atoms with E-state index >= 15 is 0 Å². The van der Waals surface area contributed by atoms with E-state index in [4.69, 9.17) is 9.47 Å². The van der Waals surface area contributed by atoms with Gasteiger partial charge in [0.2, 0.25) is 0 Å². The number of aromatic nitrogens is 2. The summed E-state index contributed by atoms with van der Waals surface area (Å²) in [5.41, 5.74) is 0.405. The van der Waals surface area contributed by atoms with E-state index in [1.54, 1.807) is 26.0 Å². The van der Waals surface area contributed by atoms with Crippen molar-refractivity contribution in [2.45, 2.75) is 25.9 Å². The fourth-order valence-electron chi connectivity index (χ4n) is 2.87. The van der Waals surface area contributed by atoms with Crippen molar-refractivity contribution >= 4 is 49.0 Å². The van der Waals surface area contributed by atoms with E-state index in [2.05, 4.69) is 45.9 Å². The molecule has 2 aromatic rings. The molecule has 0 spiro atoms. The van der Waals surface area contributed by atoms with Crippen LogP contribution in [0.1, 0.15) is 34.6 Å². The second kappa shape index (κ2) is 13.6. The van der Waals surface area contributed by atoms with Gasteiger partial charge in [-0.2, -0.15) is 25.3 Å². The van der Waals surface area contributed by atoms with Crippen LogP contribution in [-0.2, 0) is 19.1 Å². The van der Waals surface area contributed by atoms with Crippen LogP contribution in [0, 0.1) is 0 Å². The lowest BCUT2D eigenvalue weighted by atomic mass is 10.0. The number of esters is 2. The van der Waals surface area contributed by atoms with Crippen LogP contribution < -0.4 is 10.6 Å². The van der Waals surface area contributed by atoms with E-state index in [0.29, 0.717) is 0 Å². The molecule has 0 saturated heterocycles. The van der Waals surface area contributed by atoms with Gasteiger partial charge in [0.05, 0.1) is 24.3 Å². The van der Waals surface area contributed by atoms with Gasteiger partial charge in [-0.15, -0.1) is 0 Å². The number of amides is 2. The van der Waals surface area contributed by atoms with E-state index in [9.17, 15) is 19.2 Å². The number of carbonyl (C=O) groups is 4. The maximum absolute atomic E-state index is 13.0. The zero-order chi connectivity index (χ0) is 25.1. The van der Waals surface area contributed by atoms with Crippen molar-refractivity contribution in [3.63, 3.8) is 0 Å². The van der Waals surface area contributed by atoms with Gasteiger partial charge in [-0.05, 0) is 38.1 Å². The third kappa shape index (κ3) is 6.94. The average Bonchev–Trinajstić information content (AvgIpc) is 2.85. The summed E-state index contributed by atoms with van der Waals surface area (Å²) in [5.74, 6) is -2.43. The van der Waals surface area contributed by atoms with E-state index in [1.165, 1.54) is 24.5 Å². The second-order valence-corrected chi connectivity index (χ2v) is 7.45. The number of nitrogens with one attached hydrogen (secondary N) is 2. The molecule has 0 aliphatic heterocycles. The summed E-state index contributed by atoms with van der Waals surface area (Å²) in [7, 11) is 0. The Hall–Kier alpha value is -3.12. The molecular weight excluding hydrogens is 480 g/mol. The van der Waals surface area contributed by atoms with Crippen molar-refractivity contribution in [3.05, 3.63) is 47.8 Å². The molecule has 2 aromatic heterocycles. The Morgan fingerprint density at radius 3 is 1.50 bits per heavy atom. The van der Waals surface area contributed by atoms with Gasteiger partial charge in [0.15, 0.2) is 0 Å². The van der Waals surface area contributed by atoms with Crippen molar-refractivity contribution < 1.29 is 28.7 Å². The summed E-state index contributed by atoms with van der Waals surface area (Å²) < 4.78 is 9.91. The normalized spacial score (nSPS) is 12.2. The number of carbonyl (C=O) groups excluding carboxylic acids is 4. The van der Waals surface area contributed by atoms with Gasteiger partial charge in [-0.1, -0.05) is 0 Å². The molecule has 2 unspecified atom stereocenters. The smallest absolute Gasteiger partial charge is 0.329 e. The number of hydrogen-bond acceptors (Lipinski definition) is 10.